The third kappa shape index (κ3) is 3.24. The van der Waals surface area contributed by atoms with Crippen LogP contribution >= 0.6 is 11.6 Å². The zero-order chi connectivity index (χ0) is 14.5. The summed E-state index contributed by atoms with van der Waals surface area (Å²) in [6.45, 7) is 0. The molecule has 6 nitrogen and oxygen atoms in total. The van der Waals surface area contributed by atoms with E-state index in [-0.39, 0.29) is 16.3 Å². The fraction of sp³-hybridized carbons (Fsp3) is 0. The Balaban J connectivity index is 2.11. The van der Waals surface area contributed by atoms with Gasteiger partial charge in [-0.3, -0.25) is 15.6 Å². The average molecular weight is 291 g/mol. The summed E-state index contributed by atoms with van der Waals surface area (Å²) in [5.41, 5.74) is 4.68. The third-order valence-electron chi connectivity index (χ3n) is 2.41. The number of hydrazine groups is 1. The Bertz CT molecular complexity index is 661. The summed E-state index contributed by atoms with van der Waals surface area (Å²) >= 11 is 5.69. The molecule has 0 aliphatic rings. The third-order valence-corrected chi connectivity index (χ3v) is 2.62. The molecule has 1 aromatic carbocycles. The van der Waals surface area contributed by atoms with Crippen LogP contribution in [0.25, 0.3) is 0 Å². The smallest absolute Gasteiger partial charge is 0.270 e. The predicted molar refractivity (Wildman–Crippen MR) is 71.1 cm³/mol. The van der Waals surface area contributed by atoms with Crippen molar-refractivity contribution >= 4 is 29.3 Å². The number of benzene rings is 1. The van der Waals surface area contributed by atoms with Crippen LogP contribution < -0.4 is 16.0 Å². The van der Waals surface area contributed by atoms with Crippen LogP contribution in [0.5, 0.6) is 0 Å². The number of pyridine rings is 1. The maximum Gasteiger partial charge on any atom is 0.270 e. The summed E-state index contributed by atoms with van der Waals surface area (Å²) in [6.07, 6.45) is 0. The standard InChI is InChI=1S/C13H10ClN3O3/c14-10-6-3-7-11(15-10)16-17-12(18)8-4-1-2-5-9(8)13(19)20/h1-7H,(H,15,16)(H,17,18)(H,19,20)/p-1. The fourth-order valence-electron chi connectivity index (χ4n) is 1.53. The van der Waals surface area contributed by atoms with Gasteiger partial charge in [-0.25, -0.2) is 4.98 Å². The van der Waals surface area contributed by atoms with Gasteiger partial charge in [0, 0.05) is 5.56 Å². The highest BCUT2D eigenvalue weighted by molar-refractivity contribution is 6.29. The molecule has 0 saturated carbocycles. The Morgan fingerprint density at radius 2 is 1.75 bits per heavy atom. The monoisotopic (exact) mass is 290 g/mol. The maximum atomic E-state index is 11.9. The number of hydrogen-bond donors (Lipinski definition) is 2. The Hall–Kier alpha value is -2.60. The molecule has 1 heterocycles. The highest BCUT2D eigenvalue weighted by atomic mass is 35.5. The molecule has 2 N–H and O–H groups in total. The van der Waals surface area contributed by atoms with E-state index in [1.807, 2.05) is 0 Å². The normalized spacial score (nSPS) is 9.85. The van der Waals surface area contributed by atoms with Gasteiger partial charge in [-0.05, 0) is 18.2 Å². The quantitative estimate of drug-likeness (QED) is 0.643. The Labute approximate surface area is 119 Å². The number of anilines is 1. The van der Waals surface area contributed by atoms with E-state index in [9.17, 15) is 14.7 Å². The molecule has 2 aromatic rings. The number of aromatic nitrogens is 1. The largest absolute Gasteiger partial charge is 0.545 e. The molecule has 0 aliphatic carbocycles. The van der Waals surface area contributed by atoms with Crippen LogP contribution in [-0.2, 0) is 0 Å². The lowest BCUT2D eigenvalue weighted by Crippen LogP contribution is -2.33. The van der Waals surface area contributed by atoms with Gasteiger partial charge < -0.3 is 9.90 Å². The number of nitrogens with one attached hydrogen (secondary N) is 2. The van der Waals surface area contributed by atoms with Gasteiger partial charge in [-0.15, -0.1) is 0 Å². The van der Waals surface area contributed by atoms with Crippen molar-refractivity contribution in [3.63, 3.8) is 0 Å². The van der Waals surface area contributed by atoms with E-state index in [0.717, 1.165) is 0 Å². The first-order valence-corrected chi connectivity index (χ1v) is 5.95. The van der Waals surface area contributed by atoms with Gasteiger partial charge in [0.05, 0.1) is 11.5 Å². The van der Waals surface area contributed by atoms with Gasteiger partial charge in [0.1, 0.15) is 11.0 Å². The number of rotatable bonds is 4. The summed E-state index contributed by atoms with van der Waals surface area (Å²) in [4.78, 5) is 26.7. The zero-order valence-corrected chi connectivity index (χ0v) is 10.8. The first-order chi connectivity index (χ1) is 9.58. The summed E-state index contributed by atoms with van der Waals surface area (Å²) in [7, 11) is 0. The number of nitrogens with zero attached hydrogens (tertiary/aromatic N) is 1. The second-order valence-corrected chi connectivity index (χ2v) is 4.14. The van der Waals surface area contributed by atoms with E-state index in [1.165, 1.54) is 18.2 Å². The molecule has 0 fully saturated rings. The van der Waals surface area contributed by atoms with E-state index in [1.54, 1.807) is 24.3 Å². The predicted octanol–water partition coefficient (Wildman–Crippen LogP) is 0.855. The number of carbonyl (C=O) groups excluding carboxylic acids is 2. The molecule has 0 aliphatic heterocycles. The van der Waals surface area contributed by atoms with Crippen LogP contribution in [0.15, 0.2) is 42.5 Å². The number of halogens is 1. The lowest BCUT2D eigenvalue weighted by Gasteiger charge is -2.11. The topological polar surface area (TPSA) is 94.1 Å². The van der Waals surface area contributed by atoms with E-state index in [2.05, 4.69) is 15.8 Å². The van der Waals surface area contributed by atoms with Crippen molar-refractivity contribution in [1.82, 2.24) is 10.4 Å². The Morgan fingerprint density at radius 3 is 2.40 bits per heavy atom. The van der Waals surface area contributed by atoms with Crippen LogP contribution in [0.1, 0.15) is 20.7 Å². The van der Waals surface area contributed by atoms with Crippen LogP contribution in [0.3, 0.4) is 0 Å². The van der Waals surface area contributed by atoms with E-state index in [4.69, 9.17) is 11.6 Å². The zero-order valence-electron chi connectivity index (χ0n) is 10.1. The van der Waals surface area contributed by atoms with Gasteiger partial charge in [0.2, 0.25) is 0 Å². The summed E-state index contributed by atoms with van der Waals surface area (Å²) in [5.74, 6) is -1.71. The molecule has 7 heteroatoms. The first kappa shape index (κ1) is 13.8. The van der Waals surface area contributed by atoms with Crippen molar-refractivity contribution < 1.29 is 14.7 Å². The molecule has 1 amide bonds. The molecule has 0 bridgehead atoms. The molecular formula is C13H9ClN3O3-. The second kappa shape index (κ2) is 6.03. The second-order valence-electron chi connectivity index (χ2n) is 3.76. The Morgan fingerprint density at radius 1 is 1.05 bits per heavy atom. The van der Waals surface area contributed by atoms with Gasteiger partial charge in [0.25, 0.3) is 5.91 Å². The lowest BCUT2D eigenvalue weighted by atomic mass is 10.1. The van der Waals surface area contributed by atoms with Crippen LogP contribution in [-0.4, -0.2) is 16.9 Å². The Kier molecular flexibility index (Phi) is 4.17. The minimum Gasteiger partial charge on any atom is -0.545 e. The molecule has 1 aromatic heterocycles. The number of carboxylic acid groups (broad SMARTS) is 1. The maximum absolute atomic E-state index is 11.9. The van der Waals surface area contributed by atoms with Crippen molar-refractivity contribution in [2.45, 2.75) is 0 Å². The van der Waals surface area contributed by atoms with Crippen molar-refractivity contribution in [3.05, 3.63) is 58.7 Å². The number of amides is 1. The van der Waals surface area contributed by atoms with E-state index in [0.29, 0.717) is 5.82 Å². The molecule has 2 rings (SSSR count). The van der Waals surface area contributed by atoms with Crippen LogP contribution in [0.4, 0.5) is 5.82 Å². The van der Waals surface area contributed by atoms with Crippen molar-refractivity contribution in [2.24, 2.45) is 0 Å². The fourth-order valence-corrected chi connectivity index (χ4v) is 1.69. The molecule has 0 spiro atoms. The average Bonchev–Trinajstić information content (AvgIpc) is 2.45. The van der Waals surface area contributed by atoms with Gasteiger partial charge in [-0.2, -0.15) is 0 Å². The summed E-state index contributed by atoms with van der Waals surface area (Å²) < 4.78 is 0. The molecular weight excluding hydrogens is 282 g/mol. The lowest BCUT2D eigenvalue weighted by molar-refractivity contribution is -0.255. The van der Waals surface area contributed by atoms with Crippen LogP contribution in [0.2, 0.25) is 5.15 Å². The van der Waals surface area contributed by atoms with Crippen molar-refractivity contribution in [2.75, 3.05) is 5.43 Å². The molecule has 0 atom stereocenters. The summed E-state index contributed by atoms with van der Waals surface area (Å²) in [5, 5.41) is 11.2. The number of carboxylic acids is 1. The minimum atomic E-state index is -1.42. The van der Waals surface area contributed by atoms with E-state index >= 15 is 0 Å². The van der Waals surface area contributed by atoms with Crippen LogP contribution in [0, 0.1) is 0 Å². The van der Waals surface area contributed by atoms with Crippen molar-refractivity contribution in [1.29, 1.82) is 0 Å². The minimum absolute atomic E-state index is 0.0120. The number of hydrogen-bond acceptors (Lipinski definition) is 5. The molecule has 102 valence electrons. The molecule has 0 unspecified atom stereocenters. The number of carbonyl (C=O) groups is 2. The number of aromatic carboxylic acids is 1. The molecule has 0 saturated heterocycles. The van der Waals surface area contributed by atoms with Gasteiger partial charge >= 0.3 is 0 Å². The molecule has 0 radical (unpaired) electrons. The first-order valence-electron chi connectivity index (χ1n) is 5.57. The highest BCUT2D eigenvalue weighted by Gasteiger charge is 2.11. The molecule has 20 heavy (non-hydrogen) atoms. The van der Waals surface area contributed by atoms with Gasteiger partial charge in [-0.1, -0.05) is 35.9 Å². The summed E-state index contributed by atoms with van der Waals surface area (Å²) in [6, 6.07) is 10.6. The highest BCUT2D eigenvalue weighted by Crippen LogP contribution is 2.10. The van der Waals surface area contributed by atoms with Crippen molar-refractivity contribution in [3.8, 4) is 0 Å². The SMILES string of the molecule is O=C([O-])c1ccccc1C(=O)NNc1cccc(Cl)n1. The van der Waals surface area contributed by atoms with Gasteiger partial charge in [0.15, 0.2) is 0 Å². The van der Waals surface area contributed by atoms with E-state index < -0.39 is 11.9 Å².